The van der Waals surface area contributed by atoms with Gasteiger partial charge in [0.1, 0.15) is 0 Å². The van der Waals surface area contributed by atoms with Crippen LogP contribution < -0.4 is 0 Å². The van der Waals surface area contributed by atoms with Gasteiger partial charge >= 0.3 is 0 Å². The van der Waals surface area contributed by atoms with Gasteiger partial charge in [-0.15, -0.1) is 0 Å². The number of rotatable bonds is 3. The lowest BCUT2D eigenvalue weighted by molar-refractivity contribution is 0.871. The van der Waals surface area contributed by atoms with Crippen LogP contribution in [-0.2, 0) is 0 Å². The lowest BCUT2D eigenvalue weighted by atomic mass is 10.2. The highest BCUT2D eigenvalue weighted by Gasteiger charge is 2.10. The first-order valence-corrected chi connectivity index (χ1v) is 6.91. The van der Waals surface area contributed by atoms with E-state index < -0.39 is 0 Å². The average molecular weight is 316 g/mol. The molecule has 0 fully saturated rings. The third kappa shape index (κ3) is 2.91. The molecule has 0 aliphatic carbocycles. The van der Waals surface area contributed by atoms with Crippen molar-refractivity contribution in [2.24, 2.45) is 5.10 Å². The van der Waals surface area contributed by atoms with E-state index in [9.17, 15) is 0 Å². The number of nitrogens with one attached hydrogen (secondary N) is 1. The Hall–Kier alpha value is -2.31. The van der Waals surface area contributed by atoms with E-state index in [0.29, 0.717) is 15.6 Å². The highest BCUT2D eigenvalue weighted by molar-refractivity contribution is 7.71. The predicted molar refractivity (Wildman–Crippen MR) is 85.1 cm³/mol. The first kappa shape index (κ1) is 13.7. The third-order valence-electron chi connectivity index (χ3n) is 2.79. The van der Waals surface area contributed by atoms with E-state index in [1.165, 1.54) is 4.68 Å². The summed E-state index contributed by atoms with van der Waals surface area (Å²) in [7, 11) is 0. The Kier molecular flexibility index (Phi) is 3.89. The minimum absolute atomic E-state index is 0.398. The number of aromatic nitrogens is 4. The minimum Gasteiger partial charge on any atom is -0.265 e. The molecule has 0 atom stereocenters. The fourth-order valence-corrected chi connectivity index (χ4v) is 2.19. The van der Waals surface area contributed by atoms with Crippen LogP contribution >= 0.6 is 23.8 Å². The summed E-state index contributed by atoms with van der Waals surface area (Å²) in [6.45, 7) is 0. The van der Waals surface area contributed by atoms with E-state index in [2.05, 4.69) is 20.3 Å². The maximum Gasteiger partial charge on any atom is 0.216 e. The van der Waals surface area contributed by atoms with E-state index in [1.54, 1.807) is 24.7 Å². The van der Waals surface area contributed by atoms with Crippen molar-refractivity contribution in [3.05, 3.63) is 64.1 Å². The molecule has 1 N–H and O–H groups in total. The summed E-state index contributed by atoms with van der Waals surface area (Å²) >= 11 is 11.4. The quantitative estimate of drug-likeness (QED) is 0.594. The molecule has 0 aliphatic heterocycles. The Morgan fingerprint density at radius 1 is 1.19 bits per heavy atom. The smallest absolute Gasteiger partial charge is 0.216 e. The summed E-state index contributed by atoms with van der Waals surface area (Å²) in [6.07, 6.45) is 5.09. The van der Waals surface area contributed by atoms with E-state index >= 15 is 0 Å². The fourth-order valence-electron chi connectivity index (χ4n) is 1.79. The van der Waals surface area contributed by atoms with Crippen molar-refractivity contribution >= 4 is 30.0 Å². The van der Waals surface area contributed by atoms with Crippen molar-refractivity contribution < 1.29 is 0 Å². The number of H-pyrrole nitrogens is 1. The minimum atomic E-state index is 0.398. The summed E-state index contributed by atoms with van der Waals surface area (Å²) in [5.74, 6) is 0.566. The maximum absolute atomic E-state index is 6.20. The maximum atomic E-state index is 6.20. The van der Waals surface area contributed by atoms with Crippen molar-refractivity contribution in [1.29, 1.82) is 0 Å². The van der Waals surface area contributed by atoms with Gasteiger partial charge in [-0.05, 0) is 42.0 Å². The molecule has 21 heavy (non-hydrogen) atoms. The highest BCUT2D eigenvalue weighted by atomic mass is 35.5. The summed E-state index contributed by atoms with van der Waals surface area (Å²) in [5.41, 5.74) is 1.68. The molecule has 0 saturated heterocycles. The van der Waals surface area contributed by atoms with Crippen LogP contribution in [0.25, 0.3) is 11.4 Å². The van der Waals surface area contributed by atoms with Gasteiger partial charge in [0.2, 0.25) is 4.77 Å². The van der Waals surface area contributed by atoms with Crippen LogP contribution in [-0.4, -0.2) is 26.1 Å². The highest BCUT2D eigenvalue weighted by Crippen LogP contribution is 2.25. The Labute approximate surface area is 130 Å². The van der Waals surface area contributed by atoms with Crippen molar-refractivity contribution in [2.75, 3.05) is 0 Å². The van der Waals surface area contributed by atoms with Crippen LogP contribution in [0.3, 0.4) is 0 Å². The van der Waals surface area contributed by atoms with Gasteiger partial charge in [-0.1, -0.05) is 23.7 Å². The number of hydrogen-bond acceptors (Lipinski definition) is 4. The molecule has 5 nitrogen and oxygen atoms in total. The molecule has 0 spiro atoms. The van der Waals surface area contributed by atoms with Gasteiger partial charge in [-0.2, -0.15) is 14.9 Å². The van der Waals surface area contributed by atoms with Crippen molar-refractivity contribution in [3.63, 3.8) is 0 Å². The number of pyridine rings is 1. The van der Waals surface area contributed by atoms with E-state index in [-0.39, 0.29) is 0 Å². The molecule has 2 heterocycles. The molecular formula is C14H10ClN5S. The molecular weight excluding hydrogens is 306 g/mol. The summed E-state index contributed by atoms with van der Waals surface area (Å²) in [6, 6.07) is 11.1. The number of hydrogen-bond donors (Lipinski definition) is 1. The van der Waals surface area contributed by atoms with Gasteiger partial charge < -0.3 is 0 Å². The van der Waals surface area contributed by atoms with Gasteiger partial charge in [0.05, 0.1) is 11.2 Å². The van der Waals surface area contributed by atoms with Crippen molar-refractivity contribution in [3.8, 4) is 11.4 Å². The second-order valence-corrected chi connectivity index (χ2v) is 4.96. The summed E-state index contributed by atoms with van der Waals surface area (Å²) < 4.78 is 1.94. The molecule has 0 aliphatic rings. The Balaban J connectivity index is 2.05. The van der Waals surface area contributed by atoms with Gasteiger partial charge in [0.25, 0.3) is 0 Å². The molecule has 3 rings (SSSR count). The Morgan fingerprint density at radius 3 is 2.71 bits per heavy atom. The van der Waals surface area contributed by atoms with Gasteiger partial charge in [-0.3, -0.25) is 4.98 Å². The molecule has 104 valence electrons. The Bertz CT molecular complexity index is 838. The first-order valence-electron chi connectivity index (χ1n) is 6.12. The van der Waals surface area contributed by atoms with E-state index in [0.717, 1.165) is 11.1 Å². The zero-order valence-corrected chi connectivity index (χ0v) is 12.3. The molecule has 2 aromatic heterocycles. The topological polar surface area (TPSA) is 58.9 Å². The standard InChI is InChI=1S/C14H10ClN5S/c15-12-4-2-1-3-11(12)13-18-19-14(21)20(13)17-9-10-5-7-16-8-6-10/h1-9H,(H,19,21)/b17-9-. The fraction of sp³-hybridized carbons (Fsp3) is 0. The van der Waals surface area contributed by atoms with Gasteiger partial charge in [-0.25, -0.2) is 5.10 Å². The monoisotopic (exact) mass is 315 g/mol. The molecule has 7 heteroatoms. The van der Waals surface area contributed by atoms with Crippen LogP contribution in [0.2, 0.25) is 5.02 Å². The van der Waals surface area contributed by atoms with Crippen LogP contribution in [0.1, 0.15) is 5.56 Å². The molecule has 0 bridgehead atoms. The first-order chi connectivity index (χ1) is 10.3. The molecule has 0 amide bonds. The van der Waals surface area contributed by atoms with Crippen LogP contribution in [0.15, 0.2) is 53.9 Å². The van der Waals surface area contributed by atoms with Crippen LogP contribution in [0, 0.1) is 4.77 Å². The molecule has 0 saturated carbocycles. The average Bonchev–Trinajstić information content (AvgIpc) is 2.88. The van der Waals surface area contributed by atoms with Crippen LogP contribution in [0.4, 0.5) is 0 Å². The number of nitrogens with zero attached hydrogens (tertiary/aromatic N) is 4. The summed E-state index contributed by atoms with van der Waals surface area (Å²) in [4.78, 5) is 3.96. The lowest BCUT2D eigenvalue weighted by Gasteiger charge is -2.02. The van der Waals surface area contributed by atoms with Gasteiger partial charge in [0.15, 0.2) is 5.82 Å². The zero-order valence-electron chi connectivity index (χ0n) is 10.8. The zero-order chi connectivity index (χ0) is 14.7. The SMILES string of the molecule is S=c1[nH]nc(-c2ccccc2Cl)n1/N=C\c1ccncc1. The number of aromatic amines is 1. The second kappa shape index (κ2) is 5.99. The largest absolute Gasteiger partial charge is 0.265 e. The lowest BCUT2D eigenvalue weighted by Crippen LogP contribution is -1.95. The van der Waals surface area contributed by atoms with E-state index in [4.69, 9.17) is 23.8 Å². The van der Waals surface area contributed by atoms with Crippen molar-refractivity contribution in [1.82, 2.24) is 19.9 Å². The number of benzene rings is 1. The predicted octanol–water partition coefficient (Wildman–Crippen LogP) is 3.54. The van der Waals surface area contributed by atoms with Gasteiger partial charge in [0, 0.05) is 18.0 Å². The summed E-state index contributed by atoms with van der Waals surface area (Å²) in [5, 5.41) is 11.9. The molecule has 3 aromatic rings. The normalized spacial score (nSPS) is 11.1. The van der Waals surface area contributed by atoms with E-state index in [1.807, 2.05) is 30.3 Å². The number of halogens is 1. The molecule has 0 unspecified atom stereocenters. The Morgan fingerprint density at radius 2 is 1.95 bits per heavy atom. The van der Waals surface area contributed by atoms with Crippen molar-refractivity contribution in [2.45, 2.75) is 0 Å². The molecule has 0 radical (unpaired) electrons. The van der Waals surface area contributed by atoms with Crippen LogP contribution in [0.5, 0.6) is 0 Å². The third-order valence-corrected chi connectivity index (χ3v) is 3.39. The molecule has 1 aromatic carbocycles. The second-order valence-electron chi connectivity index (χ2n) is 4.17.